The zero-order valence-electron chi connectivity index (χ0n) is 19.1. The molecule has 0 atom stereocenters. The van der Waals surface area contributed by atoms with Crippen LogP contribution >= 0.6 is 0 Å². The molecule has 1 aliphatic heterocycles. The van der Waals surface area contributed by atoms with Crippen molar-refractivity contribution in [2.24, 2.45) is 0 Å². The van der Waals surface area contributed by atoms with E-state index in [9.17, 15) is 0 Å². The van der Waals surface area contributed by atoms with Crippen LogP contribution in [0.3, 0.4) is 0 Å². The van der Waals surface area contributed by atoms with Gasteiger partial charge in [-0.3, -0.25) is 0 Å². The van der Waals surface area contributed by atoms with Gasteiger partial charge in [-0.25, -0.2) is 14.4 Å². The smallest absolute Gasteiger partial charge is 0.143 e. The van der Waals surface area contributed by atoms with Crippen LogP contribution in [-0.4, -0.2) is 30.2 Å². The van der Waals surface area contributed by atoms with Gasteiger partial charge in [0.2, 0.25) is 0 Å². The van der Waals surface area contributed by atoms with E-state index in [-0.39, 0.29) is 5.82 Å². The number of hydrogen-bond donors (Lipinski definition) is 0. The van der Waals surface area contributed by atoms with Crippen molar-refractivity contribution in [3.63, 3.8) is 0 Å². The second-order valence-electron chi connectivity index (χ2n) is 9.22. The molecule has 2 heterocycles. The number of benzene rings is 2. The van der Waals surface area contributed by atoms with E-state index in [0.29, 0.717) is 17.2 Å². The summed E-state index contributed by atoms with van der Waals surface area (Å²) in [5.41, 5.74) is 2.81. The highest BCUT2D eigenvalue weighted by molar-refractivity contribution is 5.91. The largest absolute Gasteiger partial charge is 0.496 e. The normalized spacial score (nSPS) is 17.2. The Kier molecular flexibility index (Phi) is 5.99. The molecule has 1 saturated carbocycles. The SMILES string of the molecule is CCCCc1ccc2nc(C3CC3)nc(N3CCC(c4ccccc4OC)CC3)c2c1F. The Morgan fingerprint density at radius 2 is 1.78 bits per heavy atom. The monoisotopic (exact) mass is 433 g/mol. The molecule has 0 radical (unpaired) electrons. The van der Waals surface area contributed by atoms with Crippen LogP contribution < -0.4 is 9.64 Å². The van der Waals surface area contributed by atoms with Crippen molar-refractivity contribution in [1.29, 1.82) is 0 Å². The third kappa shape index (κ3) is 4.05. The second kappa shape index (κ2) is 9.05. The Balaban J connectivity index is 1.47. The van der Waals surface area contributed by atoms with Crippen molar-refractivity contribution in [2.45, 2.75) is 63.7 Å². The lowest BCUT2D eigenvalue weighted by molar-refractivity contribution is 0.397. The summed E-state index contributed by atoms with van der Waals surface area (Å²) in [5.74, 6) is 3.41. The van der Waals surface area contributed by atoms with Gasteiger partial charge in [0.05, 0.1) is 18.0 Å². The van der Waals surface area contributed by atoms with Gasteiger partial charge in [0.1, 0.15) is 23.2 Å². The molecule has 1 saturated heterocycles. The topological polar surface area (TPSA) is 38.2 Å². The summed E-state index contributed by atoms with van der Waals surface area (Å²) in [7, 11) is 1.74. The summed E-state index contributed by atoms with van der Waals surface area (Å²) in [5, 5.41) is 0.610. The number of methoxy groups -OCH3 is 1. The van der Waals surface area contributed by atoms with Gasteiger partial charge in [-0.1, -0.05) is 37.6 Å². The fourth-order valence-electron chi connectivity index (χ4n) is 4.95. The summed E-state index contributed by atoms with van der Waals surface area (Å²) in [6.45, 7) is 3.86. The van der Waals surface area contributed by atoms with E-state index >= 15 is 4.39 Å². The van der Waals surface area contributed by atoms with E-state index in [1.54, 1.807) is 7.11 Å². The second-order valence-corrected chi connectivity index (χ2v) is 9.22. The minimum absolute atomic E-state index is 0.125. The van der Waals surface area contributed by atoms with Gasteiger partial charge in [0, 0.05) is 19.0 Å². The number of piperidine rings is 1. The molecule has 0 unspecified atom stereocenters. The standard InChI is InChI=1S/C27H32FN3O/c1-3-4-7-19-12-13-22-24(25(19)28)27(30-26(29-22)20-10-11-20)31-16-14-18(15-17-31)21-8-5-6-9-23(21)32-2/h5-6,8-9,12-13,18,20H,3-4,7,10-11,14-17H2,1-2H3. The predicted octanol–water partition coefficient (Wildman–Crippen LogP) is 6.38. The number of para-hydroxylation sites is 1. The average molecular weight is 434 g/mol. The number of ether oxygens (including phenoxy) is 1. The van der Waals surface area contributed by atoms with Gasteiger partial charge in [-0.15, -0.1) is 0 Å². The molecule has 3 aromatic rings. The summed E-state index contributed by atoms with van der Waals surface area (Å²) < 4.78 is 21.3. The van der Waals surface area contributed by atoms with Crippen molar-refractivity contribution in [2.75, 3.05) is 25.1 Å². The van der Waals surface area contributed by atoms with Crippen molar-refractivity contribution in [3.8, 4) is 5.75 Å². The van der Waals surface area contributed by atoms with Gasteiger partial charge in [0.25, 0.3) is 0 Å². The van der Waals surface area contributed by atoms with Crippen LogP contribution in [0.1, 0.15) is 74.2 Å². The van der Waals surface area contributed by atoms with Gasteiger partial charge in [-0.2, -0.15) is 0 Å². The zero-order valence-corrected chi connectivity index (χ0v) is 19.1. The van der Waals surface area contributed by atoms with Gasteiger partial charge >= 0.3 is 0 Å². The third-order valence-electron chi connectivity index (χ3n) is 6.99. The highest BCUT2D eigenvalue weighted by Gasteiger charge is 2.31. The van der Waals surface area contributed by atoms with Crippen molar-refractivity contribution < 1.29 is 9.13 Å². The number of fused-ring (bicyclic) bond motifs is 1. The molecule has 32 heavy (non-hydrogen) atoms. The fraction of sp³-hybridized carbons (Fsp3) is 0.481. The molecule has 4 nitrogen and oxygen atoms in total. The highest BCUT2D eigenvalue weighted by Crippen LogP contribution is 2.42. The quantitative estimate of drug-likeness (QED) is 0.433. The van der Waals surface area contributed by atoms with Crippen LogP contribution in [0.25, 0.3) is 10.9 Å². The van der Waals surface area contributed by atoms with Gasteiger partial charge in [-0.05, 0) is 67.7 Å². The molecule has 0 N–H and O–H groups in total. The average Bonchev–Trinajstić information content (AvgIpc) is 3.69. The molecule has 1 aliphatic carbocycles. The minimum atomic E-state index is -0.125. The number of aromatic nitrogens is 2. The van der Waals surface area contributed by atoms with E-state index in [4.69, 9.17) is 14.7 Å². The Morgan fingerprint density at radius 1 is 1.00 bits per heavy atom. The van der Waals surface area contributed by atoms with E-state index in [1.165, 1.54) is 5.56 Å². The Labute approximate surface area is 189 Å². The van der Waals surface area contributed by atoms with Gasteiger partial charge < -0.3 is 9.64 Å². The number of aryl methyl sites for hydroxylation is 1. The van der Waals surface area contributed by atoms with Crippen molar-refractivity contribution in [1.82, 2.24) is 9.97 Å². The zero-order chi connectivity index (χ0) is 22.1. The third-order valence-corrected chi connectivity index (χ3v) is 6.99. The van der Waals surface area contributed by atoms with Crippen LogP contribution in [-0.2, 0) is 6.42 Å². The molecule has 5 rings (SSSR count). The van der Waals surface area contributed by atoms with Crippen molar-refractivity contribution in [3.05, 3.63) is 59.2 Å². The lowest BCUT2D eigenvalue weighted by Crippen LogP contribution is -2.34. The fourth-order valence-corrected chi connectivity index (χ4v) is 4.95. The Morgan fingerprint density at radius 3 is 2.50 bits per heavy atom. The van der Waals surface area contributed by atoms with Gasteiger partial charge in [0.15, 0.2) is 0 Å². The Bertz CT molecular complexity index is 1100. The molecule has 168 valence electrons. The van der Waals surface area contributed by atoms with Crippen LogP contribution in [0, 0.1) is 5.82 Å². The van der Waals surface area contributed by atoms with E-state index in [1.807, 2.05) is 24.3 Å². The molecular formula is C27H32FN3O. The number of unbranched alkanes of at least 4 members (excludes halogenated alkanes) is 1. The molecular weight excluding hydrogens is 401 g/mol. The lowest BCUT2D eigenvalue weighted by Gasteiger charge is -2.34. The van der Waals surface area contributed by atoms with E-state index in [2.05, 4.69) is 24.0 Å². The highest BCUT2D eigenvalue weighted by atomic mass is 19.1. The number of rotatable bonds is 7. The lowest BCUT2D eigenvalue weighted by atomic mass is 9.88. The molecule has 1 aromatic heterocycles. The van der Waals surface area contributed by atoms with Crippen LogP contribution in [0.4, 0.5) is 10.2 Å². The number of hydrogen-bond acceptors (Lipinski definition) is 4. The summed E-state index contributed by atoms with van der Waals surface area (Å²) in [4.78, 5) is 12.0. The van der Waals surface area contributed by atoms with E-state index in [0.717, 1.165) is 86.5 Å². The number of halogens is 1. The minimum Gasteiger partial charge on any atom is -0.496 e. The molecule has 0 bridgehead atoms. The van der Waals surface area contributed by atoms with Crippen molar-refractivity contribution >= 4 is 16.7 Å². The first kappa shape index (κ1) is 21.2. The molecule has 2 aromatic carbocycles. The number of nitrogens with zero attached hydrogens (tertiary/aromatic N) is 3. The predicted molar refractivity (Wildman–Crippen MR) is 127 cm³/mol. The Hall–Kier alpha value is -2.69. The summed E-state index contributed by atoms with van der Waals surface area (Å²) in [6.07, 6.45) is 7.08. The maximum Gasteiger partial charge on any atom is 0.143 e. The first-order valence-electron chi connectivity index (χ1n) is 12.1. The first-order chi connectivity index (χ1) is 15.7. The maximum atomic E-state index is 15.7. The molecule has 0 amide bonds. The first-order valence-corrected chi connectivity index (χ1v) is 12.1. The van der Waals surface area contributed by atoms with Crippen LogP contribution in [0.5, 0.6) is 5.75 Å². The summed E-state index contributed by atoms with van der Waals surface area (Å²) >= 11 is 0. The summed E-state index contributed by atoms with van der Waals surface area (Å²) in [6, 6.07) is 12.2. The van der Waals surface area contributed by atoms with Crippen LogP contribution in [0.2, 0.25) is 0 Å². The molecule has 2 aliphatic rings. The number of anilines is 1. The molecule has 2 fully saturated rings. The molecule has 0 spiro atoms. The molecule has 5 heteroatoms. The van der Waals surface area contributed by atoms with E-state index < -0.39 is 0 Å². The maximum absolute atomic E-state index is 15.7. The van der Waals surface area contributed by atoms with Crippen LogP contribution in [0.15, 0.2) is 36.4 Å².